The molecule has 0 aliphatic carbocycles. The standard InChI is InChI=1S/C34H19N3S/c35-20-23-19-34(36-29-10-4-1-7-24(23)29)37-30-11-5-2-8-25(30)27-17-21(13-15-31(27)37)22-14-16-33-28(18-22)26-9-3-6-12-32(26)38-33/h1-19H. The van der Waals surface area contributed by atoms with Crippen LogP contribution < -0.4 is 0 Å². The molecule has 0 spiro atoms. The number of nitrogens with zero attached hydrogens (tertiary/aromatic N) is 3. The molecule has 0 aliphatic heterocycles. The summed E-state index contributed by atoms with van der Waals surface area (Å²) < 4.78 is 4.80. The first-order valence-corrected chi connectivity index (χ1v) is 13.4. The molecule has 8 aromatic rings. The SMILES string of the molecule is N#Cc1cc(-n2c3ccccc3c3cc(-c4ccc5sc6ccccc6c5c4)ccc32)nc2ccccc12. The number of fused-ring (bicyclic) bond motifs is 7. The Morgan fingerprint density at radius 3 is 2.11 bits per heavy atom. The number of hydrogen-bond acceptors (Lipinski definition) is 3. The molecule has 0 N–H and O–H groups in total. The van der Waals surface area contributed by atoms with Crippen molar-refractivity contribution in [1.29, 1.82) is 5.26 Å². The van der Waals surface area contributed by atoms with E-state index in [0.29, 0.717) is 5.56 Å². The fraction of sp³-hybridized carbons (Fsp3) is 0. The van der Waals surface area contributed by atoms with Gasteiger partial charge in [0.15, 0.2) is 0 Å². The number of aromatic nitrogens is 2. The molecule has 0 aliphatic rings. The van der Waals surface area contributed by atoms with Crippen molar-refractivity contribution in [3.63, 3.8) is 0 Å². The first-order valence-electron chi connectivity index (χ1n) is 12.5. The number of para-hydroxylation sites is 2. The number of hydrogen-bond donors (Lipinski definition) is 0. The summed E-state index contributed by atoms with van der Waals surface area (Å²) in [6.45, 7) is 0. The van der Waals surface area contributed by atoms with Crippen LogP contribution in [0.5, 0.6) is 0 Å². The Hall–Kier alpha value is -4.98. The fourth-order valence-corrected chi connectivity index (χ4v) is 6.76. The largest absolute Gasteiger partial charge is 0.294 e. The monoisotopic (exact) mass is 501 g/mol. The molecule has 0 amide bonds. The first kappa shape index (κ1) is 21.1. The van der Waals surface area contributed by atoms with E-state index in [2.05, 4.69) is 95.6 Å². The van der Waals surface area contributed by atoms with E-state index < -0.39 is 0 Å². The molecule has 3 heterocycles. The number of benzene rings is 5. The lowest BCUT2D eigenvalue weighted by Crippen LogP contribution is -1.99. The molecule has 0 atom stereocenters. The average molecular weight is 502 g/mol. The van der Waals surface area contributed by atoms with Gasteiger partial charge in [-0.3, -0.25) is 4.57 Å². The van der Waals surface area contributed by atoms with Crippen molar-refractivity contribution in [2.75, 3.05) is 0 Å². The maximum atomic E-state index is 9.89. The Morgan fingerprint density at radius 2 is 1.24 bits per heavy atom. The van der Waals surface area contributed by atoms with Crippen LogP contribution in [0.1, 0.15) is 5.56 Å². The van der Waals surface area contributed by atoms with Gasteiger partial charge in [0, 0.05) is 36.3 Å². The van der Waals surface area contributed by atoms with Crippen molar-refractivity contribution in [2.24, 2.45) is 0 Å². The molecule has 0 bridgehead atoms. The third-order valence-electron chi connectivity index (χ3n) is 7.43. The molecule has 3 aromatic heterocycles. The molecular formula is C34H19N3S. The van der Waals surface area contributed by atoms with Crippen LogP contribution in [0.2, 0.25) is 0 Å². The summed E-state index contributed by atoms with van der Waals surface area (Å²) in [5.41, 5.74) is 5.98. The lowest BCUT2D eigenvalue weighted by atomic mass is 10.0. The van der Waals surface area contributed by atoms with Crippen molar-refractivity contribution in [1.82, 2.24) is 9.55 Å². The van der Waals surface area contributed by atoms with Crippen LogP contribution in [0.4, 0.5) is 0 Å². The van der Waals surface area contributed by atoms with Gasteiger partial charge in [-0.05, 0) is 59.7 Å². The van der Waals surface area contributed by atoms with Gasteiger partial charge < -0.3 is 0 Å². The Labute approximate surface area is 222 Å². The minimum Gasteiger partial charge on any atom is -0.294 e. The van der Waals surface area contributed by atoms with E-state index in [9.17, 15) is 5.26 Å². The lowest BCUT2D eigenvalue weighted by Gasteiger charge is -2.10. The fourth-order valence-electron chi connectivity index (χ4n) is 5.67. The van der Waals surface area contributed by atoms with Crippen LogP contribution in [0.15, 0.2) is 115 Å². The summed E-state index contributed by atoms with van der Waals surface area (Å²) in [5.74, 6) is 0.755. The van der Waals surface area contributed by atoms with Gasteiger partial charge in [0.25, 0.3) is 0 Å². The number of nitriles is 1. The molecule has 0 fully saturated rings. The van der Waals surface area contributed by atoms with E-state index in [1.165, 1.54) is 42.1 Å². The van der Waals surface area contributed by atoms with Crippen LogP contribution in [-0.2, 0) is 0 Å². The summed E-state index contributed by atoms with van der Waals surface area (Å²) in [4.78, 5) is 4.98. The summed E-state index contributed by atoms with van der Waals surface area (Å²) in [7, 11) is 0. The zero-order chi connectivity index (χ0) is 25.2. The first-order chi connectivity index (χ1) is 18.8. The van der Waals surface area contributed by atoms with Crippen molar-refractivity contribution in [3.05, 3.63) is 121 Å². The van der Waals surface area contributed by atoms with Gasteiger partial charge in [0.05, 0.1) is 28.2 Å². The van der Waals surface area contributed by atoms with E-state index in [1.807, 2.05) is 41.7 Å². The van der Waals surface area contributed by atoms with Gasteiger partial charge in [-0.15, -0.1) is 11.3 Å². The summed E-state index contributed by atoms with van der Waals surface area (Å²) in [6.07, 6.45) is 0. The minimum absolute atomic E-state index is 0.629. The van der Waals surface area contributed by atoms with Crippen molar-refractivity contribution in [2.45, 2.75) is 0 Å². The highest BCUT2D eigenvalue weighted by Crippen LogP contribution is 2.38. The third-order valence-corrected chi connectivity index (χ3v) is 8.59. The van der Waals surface area contributed by atoms with Crippen LogP contribution in [0.25, 0.3) is 69.8 Å². The Kier molecular flexibility index (Phi) is 4.46. The van der Waals surface area contributed by atoms with E-state index in [-0.39, 0.29) is 0 Å². The molecule has 0 saturated carbocycles. The molecule has 4 heteroatoms. The van der Waals surface area contributed by atoms with E-state index in [1.54, 1.807) is 0 Å². The van der Waals surface area contributed by atoms with Gasteiger partial charge in [-0.25, -0.2) is 4.98 Å². The van der Waals surface area contributed by atoms with Crippen LogP contribution in [0, 0.1) is 11.3 Å². The normalized spacial score (nSPS) is 11.7. The topological polar surface area (TPSA) is 41.6 Å². The summed E-state index contributed by atoms with van der Waals surface area (Å²) in [5, 5.41) is 15.7. The van der Waals surface area contributed by atoms with Gasteiger partial charge in [-0.1, -0.05) is 66.7 Å². The third kappa shape index (κ3) is 3.03. The van der Waals surface area contributed by atoms with E-state index >= 15 is 0 Å². The number of pyridine rings is 1. The zero-order valence-corrected chi connectivity index (χ0v) is 21.0. The predicted molar refractivity (Wildman–Crippen MR) is 159 cm³/mol. The smallest absolute Gasteiger partial charge is 0.139 e. The second-order valence-electron chi connectivity index (χ2n) is 9.55. The second kappa shape index (κ2) is 8.01. The molecule has 38 heavy (non-hydrogen) atoms. The molecule has 176 valence electrons. The van der Waals surface area contributed by atoms with Crippen LogP contribution in [-0.4, -0.2) is 9.55 Å². The maximum Gasteiger partial charge on any atom is 0.139 e. The quantitative estimate of drug-likeness (QED) is 0.237. The van der Waals surface area contributed by atoms with Gasteiger partial charge in [-0.2, -0.15) is 5.26 Å². The molecule has 5 aromatic carbocycles. The lowest BCUT2D eigenvalue weighted by molar-refractivity contribution is 1.10. The highest BCUT2D eigenvalue weighted by molar-refractivity contribution is 7.25. The maximum absolute atomic E-state index is 9.89. The van der Waals surface area contributed by atoms with Crippen molar-refractivity contribution < 1.29 is 0 Å². The molecule has 3 nitrogen and oxygen atoms in total. The molecule has 0 radical (unpaired) electrons. The van der Waals surface area contributed by atoms with E-state index in [0.717, 1.165) is 27.8 Å². The Morgan fingerprint density at radius 1 is 0.579 bits per heavy atom. The zero-order valence-electron chi connectivity index (χ0n) is 20.2. The Bertz CT molecular complexity index is 2260. The van der Waals surface area contributed by atoms with Gasteiger partial charge in [0.1, 0.15) is 5.82 Å². The number of rotatable bonds is 2. The van der Waals surface area contributed by atoms with Crippen LogP contribution >= 0.6 is 11.3 Å². The second-order valence-corrected chi connectivity index (χ2v) is 10.6. The molecule has 0 unspecified atom stereocenters. The summed E-state index contributed by atoms with van der Waals surface area (Å²) >= 11 is 1.84. The average Bonchev–Trinajstić information content (AvgIpc) is 3.51. The predicted octanol–water partition coefficient (Wildman–Crippen LogP) is 9.24. The molecule has 8 rings (SSSR count). The van der Waals surface area contributed by atoms with E-state index in [4.69, 9.17) is 4.98 Å². The van der Waals surface area contributed by atoms with Crippen molar-refractivity contribution in [3.8, 4) is 23.0 Å². The molecular weight excluding hydrogens is 482 g/mol. The minimum atomic E-state index is 0.629. The Balaban J connectivity index is 1.38. The summed E-state index contributed by atoms with van der Waals surface area (Å²) in [6, 6.07) is 42.6. The van der Waals surface area contributed by atoms with Gasteiger partial charge in [0.2, 0.25) is 0 Å². The van der Waals surface area contributed by atoms with Crippen LogP contribution in [0.3, 0.4) is 0 Å². The number of thiophene rings is 1. The van der Waals surface area contributed by atoms with Gasteiger partial charge >= 0.3 is 0 Å². The van der Waals surface area contributed by atoms with Crippen molar-refractivity contribution >= 4 is 64.2 Å². The highest BCUT2D eigenvalue weighted by Gasteiger charge is 2.16. The highest BCUT2D eigenvalue weighted by atomic mass is 32.1. The molecule has 0 saturated heterocycles.